The van der Waals surface area contributed by atoms with Crippen molar-refractivity contribution in [1.29, 1.82) is 0 Å². The number of benzene rings is 2. The lowest BCUT2D eigenvalue weighted by Crippen LogP contribution is -2.32. The van der Waals surface area contributed by atoms with Crippen LogP contribution >= 0.6 is 15.9 Å². The number of phenols is 1. The van der Waals surface area contributed by atoms with Crippen molar-refractivity contribution in [2.24, 2.45) is 0 Å². The van der Waals surface area contributed by atoms with Crippen molar-refractivity contribution in [2.75, 3.05) is 27.4 Å². The Bertz CT molecular complexity index is 1060. The highest BCUT2D eigenvalue weighted by atomic mass is 79.9. The van der Waals surface area contributed by atoms with E-state index in [0.29, 0.717) is 23.1 Å². The molecule has 1 amide bonds. The average Bonchev–Trinajstić information content (AvgIpc) is 3.05. The summed E-state index contributed by atoms with van der Waals surface area (Å²) in [6, 6.07) is 11.6. The lowest BCUT2D eigenvalue weighted by atomic mass is 9.95. The maximum Gasteiger partial charge on any atom is 0.290 e. The molecule has 32 heavy (non-hydrogen) atoms. The number of methoxy groups -OCH3 is 2. The van der Waals surface area contributed by atoms with Crippen LogP contribution in [0.4, 0.5) is 0 Å². The molecule has 1 heterocycles. The number of phenolic OH excluding ortho intramolecular Hbond substituents is 1. The zero-order valence-corrected chi connectivity index (χ0v) is 19.3. The first kappa shape index (κ1) is 23.6. The third kappa shape index (κ3) is 4.87. The maximum absolute atomic E-state index is 13.1. The van der Waals surface area contributed by atoms with Crippen LogP contribution in [0.25, 0.3) is 6.08 Å². The van der Waals surface area contributed by atoms with Crippen molar-refractivity contribution < 1.29 is 29.3 Å². The Labute approximate surface area is 194 Å². The number of amides is 1. The number of rotatable bonds is 9. The Balaban J connectivity index is 2.04. The van der Waals surface area contributed by atoms with Gasteiger partial charge in [-0.25, -0.2) is 0 Å². The van der Waals surface area contributed by atoms with Crippen LogP contribution in [0, 0.1) is 0 Å². The summed E-state index contributed by atoms with van der Waals surface area (Å²) in [6.07, 6.45) is 3.49. The molecule has 2 N–H and O–H groups in total. The Hall–Kier alpha value is -3.10. The summed E-state index contributed by atoms with van der Waals surface area (Å²) in [6.45, 7) is 0.679. The van der Waals surface area contributed by atoms with E-state index in [1.807, 2.05) is 30.3 Å². The Morgan fingerprint density at radius 3 is 2.56 bits per heavy atom. The van der Waals surface area contributed by atoms with E-state index in [1.54, 1.807) is 25.3 Å². The van der Waals surface area contributed by atoms with Gasteiger partial charge in [-0.2, -0.15) is 0 Å². The highest BCUT2D eigenvalue weighted by Gasteiger charge is 2.43. The van der Waals surface area contributed by atoms with Crippen LogP contribution in [-0.4, -0.2) is 54.2 Å². The molecule has 0 saturated carbocycles. The molecule has 1 aliphatic heterocycles. The average molecular weight is 502 g/mol. The molecule has 0 aliphatic carbocycles. The largest absolute Gasteiger partial charge is 0.503 e. The first-order valence-corrected chi connectivity index (χ1v) is 10.7. The molecule has 0 aromatic heterocycles. The van der Waals surface area contributed by atoms with Gasteiger partial charge in [-0.3, -0.25) is 9.59 Å². The number of nitrogens with zero attached hydrogens (tertiary/aromatic N) is 1. The topological polar surface area (TPSA) is 96.3 Å². The number of aliphatic hydroxyl groups excluding tert-OH is 1. The number of hydrogen-bond donors (Lipinski definition) is 2. The minimum absolute atomic E-state index is 0.0285. The predicted octanol–water partition coefficient (Wildman–Crippen LogP) is 4.18. The number of ketones is 1. The molecule has 8 heteroatoms. The van der Waals surface area contributed by atoms with E-state index >= 15 is 0 Å². The second kappa shape index (κ2) is 10.5. The third-order valence-corrected chi connectivity index (χ3v) is 5.73. The first-order valence-electron chi connectivity index (χ1n) is 9.96. The van der Waals surface area contributed by atoms with Gasteiger partial charge in [0.1, 0.15) is 0 Å². The van der Waals surface area contributed by atoms with Crippen molar-refractivity contribution in [2.45, 2.75) is 12.5 Å². The normalized spacial score (nSPS) is 16.3. The van der Waals surface area contributed by atoms with Crippen LogP contribution in [0.3, 0.4) is 0 Å². The fourth-order valence-electron chi connectivity index (χ4n) is 3.59. The zero-order valence-electron chi connectivity index (χ0n) is 17.7. The summed E-state index contributed by atoms with van der Waals surface area (Å²) in [5.74, 6) is -1.63. The molecule has 168 valence electrons. The Morgan fingerprint density at radius 1 is 1.19 bits per heavy atom. The number of aliphatic hydroxyl groups is 1. The number of carbonyl (C=O) groups is 2. The first-order chi connectivity index (χ1) is 15.4. The van der Waals surface area contributed by atoms with Crippen LogP contribution in [0.1, 0.15) is 23.6 Å². The summed E-state index contributed by atoms with van der Waals surface area (Å²) >= 11 is 3.29. The van der Waals surface area contributed by atoms with Crippen LogP contribution in [0.2, 0.25) is 0 Å². The molecule has 2 aromatic carbocycles. The molecule has 0 bridgehead atoms. The van der Waals surface area contributed by atoms with Crippen LogP contribution in [0.15, 0.2) is 64.3 Å². The zero-order chi connectivity index (χ0) is 23.3. The summed E-state index contributed by atoms with van der Waals surface area (Å²) in [5.41, 5.74) is 1.30. The smallest absolute Gasteiger partial charge is 0.290 e. The van der Waals surface area contributed by atoms with Gasteiger partial charge in [0.05, 0.1) is 23.2 Å². The number of allylic oxidation sites excluding steroid dienone is 1. The molecular weight excluding hydrogens is 478 g/mol. The monoisotopic (exact) mass is 501 g/mol. The molecule has 1 atom stereocenters. The number of ether oxygens (including phenoxy) is 2. The number of aromatic hydroxyl groups is 1. The molecule has 3 rings (SSSR count). The van der Waals surface area contributed by atoms with Crippen molar-refractivity contribution in [3.8, 4) is 11.5 Å². The summed E-state index contributed by atoms with van der Waals surface area (Å²) in [7, 11) is 2.97. The van der Waals surface area contributed by atoms with E-state index < -0.39 is 23.5 Å². The molecular formula is C24H24BrNO6. The molecule has 7 nitrogen and oxygen atoms in total. The molecule has 0 radical (unpaired) electrons. The second-order valence-electron chi connectivity index (χ2n) is 7.17. The van der Waals surface area contributed by atoms with Crippen molar-refractivity contribution >= 4 is 33.7 Å². The van der Waals surface area contributed by atoms with E-state index in [9.17, 15) is 19.8 Å². The summed E-state index contributed by atoms with van der Waals surface area (Å²) in [4.78, 5) is 27.5. The van der Waals surface area contributed by atoms with Gasteiger partial charge < -0.3 is 24.6 Å². The molecule has 2 aromatic rings. The fraction of sp³-hybridized carbons (Fsp3) is 0.250. The lowest BCUT2D eigenvalue weighted by Gasteiger charge is -2.27. The minimum Gasteiger partial charge on any atom is -0.503 e. The van der Waals surface area contributed by atoms with Crippen molar-refractivity contribution in [3.05, 3.63) is 75.5 Å². The van der Waals surface area contributed by atoms with Gasteiger partial charge in [0.25, 0.3) is 5.91 Å². The van der Waals surface area contributed by atoms with E-state index in [1.165, 1.54) is 18.1 Å². The van der Waals surface area contributed by atoms with E-state index in [2.05, 4.69) is 15.9 Å². The van der Waals surface area contributed by atoms with Crippen LogP contribution < -0.4 is 4.74 Å². The van der Waals surface area contributed by atoms with Gasteiger partial charge >= 0.3 is 0 Å². The van der Waals surface area contributed by atoms with Gasteiger partial charge in [-0.1, -0.05) is 36.4 Å². The Morgan fingerprint density at radius 2 is 1.91 bits per heavy atom. The van der Waals surface area contributed by atoms with E-state index in [0.717, 1.165) is 5.56 Å². The van der Waals surface area contributed by atoms with E-state index in [4.69, 9.17) is 9.47 Å². The third-order valence-electron chi connectivity index (χ3n) is 5.13. The molecule has 0 saturated heterocycles. The van der Waals surface area contributed by atoms with Crippen molar-refractivity contribution in [1.82, 2.24) is 4.90 Å². The number of hydrogen-bond acceptors (Lipinski definition) is 6. The Kier molecular flexibility index (Phi) is 7.71. The SMILES string of the molecule is COCCCN1C(=O)C(O)=C(C(=O)/C=C/c2ccccc2)C1c1cc(Br)c(O)c(OC)c1. The van der Waals surface area contributed by atoms with Gasteiger partial charge in [0, 0.05) is 20.3 Å². The minimum atomic E-state index is -0.849. The van der Waals surface area contributed by atoms with Gasteiger partial charge in [0.2, 0.25) is 0 Å². The number of carbonyl (C=O) groups excluding carboxylic acids is 2. The second-order valence-corrected chi connectivity index (χ2v) is 8.03. The standard InChI is InChI=1S/C24H24BrNO6/c1-31-12-6-11-26-21(16-13-17(25)22(28)19(14-16)32-2)20(23(29)24(26)30)18(27)10-9-15-7-4-3-5-8-15/h3-5,7-10,13-14,21,28-29H,6,11-12H2,1-2H3/b10-9+. The fourth-order valence-corrected chi connectivity index (χ4v) is 4.05. The van der Waals surface area contributed by atoms with E-state index in [-0.39, 0.29) is 23.6 Å². The summed E-state index contributed by atoms with van der Waals surface area (Å²) < 4.78 is 10.7. The highest BCUT2D eigenvalue weighted by Crippen LogP contribution is 2.43. The molecule has 0 fully saturated rings. The van der Waals surface area contributed by atoms with Gasteiger partial charge in [-0.15, -0.1) is 0 Å². The molecule has 1 aliphatic rings. The van der Waals surface area contributed by atoms with Crippen LogP contribution in [0.5, 0.6) is 11.5 Å². The molecule has 1 unspecified atom stereocenters. The van der Waals surface area contributed by atoms with Crippen molar-refractivity contribution in [3.63, 3.8) is 0 Å². The highest BCUT2D eigenvalue weighted by molar-refractivity contribution is 9.10. The van der Waals surface area contributed by atoms with Gasteiger partial charge in [-0.05, 0) is 51.7 Å². The predicted molar refractivity (Wildman–Crippen MR) is 123 cm³/mol. The summed E-state index contributed by atoms with van der Waals surface area (Å²) in [5, 5.41) is 20.8. The van der Waals surface area contributed by atoms with Gasteiger partial charge in [0.15, 0.2) is 23.0 Å². The molecule has 0 spiro atoms. The maximum atomic E-state index is 13.1. The van der Waals surface area contributed by atoms with Crippen LogP contribution in [-0.2, 0) is 14.3 Å². The quantitative estimate of drug-likeness (QED) is 0.395. The lowest BCUT2D eigenvalue weighted by molar-refractivity contribution is -0.129. The number of halogens is 1.